The van der Waals surface area contributed by atoms with Crippen LogP contribution >= 0.6 is 0 Å². The first-order valence-corrected chi connectivity index (χ1v) is 4.72. The summed E-state index contributed by atoms with van der Waals surface area (Å²) in [6.45, 7) is 5.78. The molecule has 0 atom stereocenters. The fourth-order valence-corrected chi connectivity index (χ4v) is 1.00. The van der Waals surface area contributed by atoms with E-state index in [1.54, 1.807) is 6.92 Å². The maximum absolute atomic E-state index is 4.86. The summed E-state index contributed by atoms with van der Waals surface area (Å²) in [4.78, 5) is 4.10. The van der Waals surface area contributed by atoms with Crippen LogP contribution in [0.25, 0.3) is 11.4 Å². The largest absolute Gasteiger partial charge is 0.339 e. The van der Waals surface area contributed by atoms with Gasteiger partial charge in [0.05, 0.1) is 0 Å². The monoisotopic (exact) mass is 190 g/mol. The summed E-state index contributed by atoms with van der Waals surface area (Å²) in [7, 11) is 0. The molecular weight excluding hydrogens is 176 g/mol. The Bertz CT molecular complexity index is 368. The van der Waals surface area contributed by atoms with Gasteiger partial charge in [-0.1, -0.05) is 49.3 Å². The Morgan fingerprint density at radius 1 is 1.07 bits per heavy atom. The number of rotatable bonds is 1. The molecule has 0 spiro atoms. The van der Waals surface area contributed by atoms with Crippen LogP contribution in [0.3, 0.4) is 0 Å². The SMILES string of the molecule is CC.Cc1nc(-c2ccccc2)no1. The number of hydrogen-bond acceptors (Lipinski definition) is 3. The number of nitrogens with zero attached hydrogens (tertiary/aromatic N) is 2. The van der Waals surface area contributed by atoms with Crippen LogP contribution < -0.4 is 0 Å². The van der Waals surface area contributed by atoms with E-state index in [9.17, 15) is 0 Å². The second-order valence-corrected chi connectivity index (χ2v) is 2.50. The summed E-state index contributed by atoms with van der Waals surface area (Å²) < 4.78 is 4.86. The van der Waals surface area contributed by atoms with Crippen molar-refractivity contribution in [2.24, 2.45) is 0 Å². The smallest absolute Gasteiger partial charge is 0.223 e. The Labute approximate surface area is 83.8 Å². The van der Waals surface area contributed by atoms with Gasteiger partial charge in [-0.2, -0.15) is 4.98 Å². The molecule has 2 aromatic rings. The topological polar surface area (TPSA) is 38.9 Å². The minimum Gasteiger partial charge on any atom is -0.339 e. The Morgan fingerprint density at radius 2 is 1.71 bits per heavy atom. The zero-order valence-corrected chi connectivity index (χ0v) is 8.69. The predicted molar refractivity (Wildman–Crippen MR) is 55.8 cm³/mol. The summed E-state index contributed by atoms with van der Waals surface area (Å²) in [6.07, 6.45) is 0. The third-order valence-corrected chi connectivity index (χ3v) is 1.56. The first kappa shape index (κ1) is 10.4. The van der Waals surface area contributed by atoms with E-state index < -0.39 is 0 Å². The minimum atomic E-state index is 0.592. The van der Waals surface area contributed by atoms with Gasteiger partial charge in [0.25, 0.3) is 0 Å². The van der Waals surface area contributed by atoms with Crippen molar-refractivity contribution < 1.29 is 4.52 Å². The lowest BCUT2D eigenvalue weighted by atomic mass is 10.2. The van der Waals surface area contributed by atoms with Crippen molar-refractivity contribution in [1.29, 1.82) is 0 Å². The molecule has 3 nitrogen and oxygen atoms in total. The fourth-order valence-electron chi connectivity index (χ4n) is 1.00. The molecule has 0 radical (unpaired) electrons. The van der Waals surface area contributed by atoms with E-state index in [0.717, 1.165) is 5.56 Å². The lowest BCUT2D eigenvalue weighted by Crippen LogP contribution is -1.78. The maximum Gasteiger partial charge on any atom is 0.223 e. The molecular formula is C11H14N2O. The zero-order valence-electron chi connectivity index (χ0n) is 8.69. The van der Waals surface area contributed by atoms with Crippen LogP contribution in [0.2, 0.25) is 0 Å². The minimum absolute atomic E-state index is 0.592. The van der Waals surface area contributed by atoms with Gasteiger partial charge in [-0.05, 0) is 0 Å². The summed E-state index contributed by atoms with van der Waals surface area (Å²) in [5.74, 6) is 1.24. The van der Waals surface area contributed by atoms with Gasteiger partial charge in [0, 0.05) is 12.5 Å². The van der Waals surface area contributed by atoms with Crippen LogP contribution in [-0.4, -0.2) is 10.1 Å². The molecule has 0 amide bonds. The second kappa shape index (κ2) is 5.17. The molecule has 0 aliphatic rings. The predicted octanol–water partition coefficient (Wildman–Crippen LogP) is 3.07. The molecule has 0 N–H and O–H groups in total. The Morgan fingerprint density at radius 3 is 2.21 bits per heavy atom. The van der Waals surface area contributed by atoms with Crippen molar-refractivity contribution in [1.82, 2.24) is 10.1 Å². The molecule has 1 aromatic carbocycles. The average molecular weight is 190 g/mol. The normalized spacial score (nSPS) is 9.07. The lowest BCUT2D eigenvalue weighted by molar-refractivity contribution is 0.394. The van der Waals surface area contributed by atoms with E-state index >= 15 is 0 Å². The molecule has 0 unspecified atom stereocenters. The standard InChI is InChI=1S/C9H8N2O.C2H6/c1-7-10-9(11-12-7)8-5-3-2-4-6-8;1-2/h2-6H,1H3;1-2H3. The van der Waals surface area contributed by atoms with Crippen LogP contribution in [0.1, 0.15) is 19.7 Å². The Kier molecular flexibility index (Phi) is 3.85. The molecule has 1 heterocycles. The van der Waals surface area contributed by atoms with Crippen molar-refractivity contribution in [3.8, 4) is 11.4 Å². The van der Waals surface area contributed by atoms with Gasteiger partial charge in [-0.25, -0.2) is 0 Å². The van der Waals surface area contributed by atoms with Crippen molar-refractivity contribution in [3.63, 3.8) is 0 Å². The van der Waals surface area contributed by atoms with E-state index in [1.165, 1.54) is 0 Å². The van der Waals surface area contributed by atoms with Gasteiger partial charge >= 0.3 is 0 Å². The summed E-state index contributed by atoms with van der Waals surface area (Å²) >= 11 is 0. The van der Waals surface area contributed by atoms with E-state index in [2.05, 4.69) is 10.1 Å². The number of aromatic nitrogens is 2. The summed E-state index contributed by atoms with van der Waals surface area (Å²) in [6, 6.07) is 9.74. The summed E-state index contributed by atoms with van der Waals surface area (Å²) in [5.41, 5.74) is 0.981. The summed E-state index contributed by atoms with van der Waals surface area (Å²) in [5, 5.41) is 3.80. The van der Waals surface area contributed by atoms with Crippen molar-refractivity contribution >= 4 is 0 Å². The van der Waals surface area contributed by atoms with Gasteiger partial charge in [-0.15, -0.1) is 0 Å². The molecule has 3 heteroatoms. The molecule has 0 bridgehead atoms. The first-order valence-electron chi connectivity index (χ1n) is 4.72. The highest BCUT2D eigenvalue weighted by Crippen LogP contribution is 2.13. The molecule has 0 aliphatic heterocycles. The van der Waals surface area contributed by atoms with Gasteiger partial charge in [-0.3, -0.25) is 0 Å². The fraction of sp³-hybridized carbons (Fsp3) is 0.273. The molecule has 0 fully saturated rings. The van der Waals surface area contributed by atoms with Crippen molar-refractivity contribution in [3.05, 3.63) is 36.2 Å². The quantitative estimate of drug-likeness (QED) is 0.693. The van der Waals surface area contributed by atoms with E-state index in [0.29, 0.717) is 11.7 Å². The lowest BCUT2D eigenvalue weighted by Gasteiger charge is -1.89. The molecule has 0 aliphatic carbocycles. The Hall–Kier alpha value is -1.64. The van der Waals surface area contributed by atoms with Gasteiger partial charge < -0.3 is 4.52 Å². The second-order valence-electron chi connectivity index (χ2n) is 2.50. The van der Waals surface area contributed by atoms with Crippen LogP contribution in [-0.2, 0) is 0 Å². The van der Waals surface area contributed by atoms with Crippen LogP contribution in [0.5, 0.6) is 0 Å². The molecule has 0 saturated heterocycles. The van der Waals surface area contributed by atoms with Gasteiger partial charge in [0.15, 0.2) is 0 Å². The van der Waals surface area contributed by atoms with Crippen LogP contribution in [0.15, 0.2) is 34.9 Å². The van der Waals surface area contributed by atoms with Crippen molar-refractivity contribution in [2.45, 2.75) is 20.8 Å². The third kappa shape index (κ3) is 2.42. The van der Waals surface area contributed by atoms with Crippen LogP contribution in [0, 0.1) is 6.92 Å². The molecule has 74 valence electrons. The average Bonchev–Trinajstić information content (AvgIpc) is 2.69. The maximum atomic E-state index is 4.86. The molecule has 1 aromatic heterocycles. The Balaban J connectivity index is 0.000000461. The van der Waals surface area contributed by atoms with Gasteiger partial charge in [0.2, 0.25) is 11.7 Å². The van der Waals surface area contributed by atoms with E-state index in [1.807, 2.05) is 44.2 Å². The highest BCUT2D eigenvalue weighted by molar-refractivity contribution is 5.53. The highest BCUT2D eigenvalue weighted by Gasteiger charge is 2.02. The number of aryl methyl sites for hydroxylation is 1. The zero-order chi connectivity index (χ0) is 10.4. The number of hydrogen-bond donors (Lipinski definition) is 0. The van der Waals surface area contributed by atoms with E-state index in [-0.39, 0.29) is 0 Å². The van der Waals surface area contributed by atoms with Gasteiger partial charge in [0.1, 0.15) is 0 Å². The first-order chi connectivity index (χ1) is 6.86. The third-order valence-electron chi connectivity index (χ3n) is 1.56. The highest BCUT2D eigenvalue weighted by atomic mass is 16.5. The molecule has 2 rings (SSSR count). The molecule has 14 heavy (non-hydrogen) atoms. The van der Waals surface area contributed by atoms with Crippen molar-refractivity contribution in [2.75, 3.05) is 0 Å². The molecule has 0 saturated carbocycles. The van der Waals surface area contributed by atoms with E-state index in [4.69, 9.17) is 4.52 Å². The number of benzene rings is 1. The van der Waals surface area contributed by atoms with Crippen LogP contribution in [0.4, 0.5) is 0 Å².